The first-order valence-electron chi connectivity index (χ1n) is 6.65. The van der Waals surface area contributed by atoms with Gasteiger partial charge in [-0.15, -0.1) is 0 Å². The summed E-state index contributed by atoms with van der Waals surface area (Å²) in [5.74, 6) is -0.190. The van der Waals surface area contributed by atoms with E-state index < -0.39 is 5.60 Å². The van der Waals surface area contributed by atoms with Gasteiger partial charge in [-0.3, -0.25) is 9.69 Å². The lowest BCUT2D eigenvalue weighted by atomic mass is 10.2. The zero-order valence-corrected chi connectivity index (χ0v) is 12.0. The maximum absolute atomic E-state index is 11.7. The zero-order valence-electron chi connectivity index (χ0n) is 12.0. The Labute approximate surface area is 110 Å². The van der Waals surface area contributed by atoms with E-state index in [0.29, 0.717) is 0 Å². The van der Waals surface area contributed by atoms with Crippen molar-refractivity contribution in [2.24, 2.45) is 0 Å². The fourth-order valence-corrected chi connectivity index (χ4v) is 1.74. The van der Waals surface area contributed by atoms with E-state index in [4.69, 9.17) is 9.47 Å². The normalized spacial score (nSPS) is 19.6. The number of rotatable bonds is 5. The van der Waals surface area contributed by atoms with Gasteiger partial charge in [0.25, 0.3) is 0 Å². The Hall–Kier alpha value is -0.650. The van der Waals surface area contributed by atoms with Crippen molar-refractivity contribution >= 4 is 5.97 Å². The molecular weight excluding hydrogens is 232 g/mol. The first-order valence-corrected chi connectivity index (χ1v) is 6.65. The van der Waals surface area contributed by atoms with Crippen LogP contribution >= 0.6 is 0 Å². The summed E-state index contributed by atoms with van der Waals surface area (Å²) in [5, 5.41) is 3.20. The number of ether oxygens (including phenoxy) is 2. The maximum Gasteiger partial charge on any atom is 0.323 e. The van der Waals surface area contributed by atoms with Crippen LogP contribution in [0.3, 0.4) is 0 Å². The fourth-order valence-electron chi connectivity index (χ4n) is 1.74. The summed E-state index contributed by atoms with van der Waals surface area (Å²) in [7, 11) is 0. The Morgan fingerprint density at radius 1 is 1.39 bits per heavy atom. The molecular formula is C13H26N2O3. The molecule has 1 rings (SSSR count). The average molecular weight is 258 g/mol. The predicted octanol–water partition coefficient (Wildman–Crippen LogP) is 0.638. The third-order valence-corrected chi connectivity index (χ3v) is 2.74. The van der Waals surface area contributed by atoms with Crippen LogP contribution in [0.1, 0.15) is 27.7 Å². The number of hydrogen-bond acceptors (Lipinski definition) is 5. The van der Waals surface area contributed by atoms with E-state index >= 15 is 0 Å². The van der Waals surface area contributed by atoms with Crippen molar-refractivity contribution in [3.63, 3.8) is 0 Å². The summed E-state index contributed by atoms with van der Waals surface area (Å²) in [6.07, 6.45) is 0. The van der Waals surface area contributed by atoms with Gasteiger partial charge in [0.2, 0.25) is 0 Å². The van der Waals surface area contributed by atoms with Crippen LogP contribution in [-0.2, 0) is 14.3 Å². The van der Waals surface area contributed by atoms with Crippen LogP contribution in [0.15, 0.2) is 0 Å². The van der Waals surface area contributed by atoms with E-state index in [9.17, 15) is 4.79 Å². The van der Waals surface area contributed by atoms with Crippen molar-refractivity contribution in [2.45, 2.75) is 39.3 Å². The Balaban J connectivity index is 2.15. The molecule has 0 aromatic rings. The van der Waals surface area contributed by atoms with Gasteiger partial charge in [0.1, 0.15) is 11.6 Å². The van der Waals surface area contributed by atoms with Gasteiger partial charge in [-0.2, -0.15) is 0 Å². The van der Waals surface area contributed by atoms with Crippen molar-refractivity contribution in [3.8, 4) is 0 Å². The van der Waals surface area contributed by atoms with Crippen LogP contribution in [0.2, 0.25) is 0 Å². The molecule has 1 aliphatic rings. The first kappa shape index (κ1) is 15.4. The molecule has 0 aliphatic carbocycles. The summed E-state index contributed by atoms with van der Waals surface area (Å²) >= 11 is 0. The smallest absolute Gasteiger partial charge is 0.323 e. The molecule has 0 aromatic heterocycles. The second kappa shape index (κ2) is 7.07. The highest BCUT2D eigenvalue weighted by Crippen LogP contribution is 2.08. The zero-order chi connectivity index (χ0) is 13.6. The van der Waals surface area contributed by atoms with Crippen LogP contribution in [0.25, 0.3) is 0 Å². The summed E-state index contributed by atoms with van der Waals surface area (Å²) in [6, 6.07) is -0.259. The maximum atomic E-state index is 11.7. The highest BCUT2D eigenvalue weighted by molar-refractivity contribution is 5.75. The highest BCUT2D eigenvalue weighted by Gasteiger charge is 2.21. The number of hydrogen-bond donors (Lipinski definition) is 1. The van der Waals surface area contributed by atoms with Gasteiger partial charge >= 0.3 is 5.97 Å². The SMILES string of the molecule is CC(NCCN1CCOCC1)C(=O)OC(C)(C)C. The van der Waals surface area contributed by atoms with Gasteiger partial charge in [0.05, 0.1) is 13.2 Å². The van der Waals surface area contributed by atoms with Crippen molar-refractivity contribution in [2.75, 3.05) is 39.4 Å². The molecule has 1 fully saturated rings. The van der Waals surface area contributed by atoms with Crippen molar-refractivity contribution in [3.05, 3.63) is 0 Å². The minimum absolute atomic E-state index is 0.190. The molecule has 5 heteroatoms. The molecule has 1 saturated heterocycles. The second-order valence-corrected chi connectivity index (χ2v) is 5.66. The lowest BCUT2D eigenvalue weighted by Gasteiger charge is -2.27. The minimum Gasteiger partial charge on any atom is -0.459 e. The van der Waals surface area contributed by atoms with Gasteiger partial charge in [-0.1, -0.05) is 0 Å². The lowest BCUT2D eigenvalue weighted by molar-refractivity contribution is -0.157. The monoisotopic (exact) mass is 258 g/mol. The van der Waals surface area contributed by atoms with Gasteiger partial charge in [0, 0.05) is 26.2 Å². The fraction of sp³-hybridized carbons (Fsp3) is 0.923. The standard InChI is InChI=1S/C13H26N2O3/c1-11(12(16)18-13(2,3)4)14-5-6-15-7-9-17-10-8-15/h11,14H,5-10H2,1-4H3. The first-order chi connectivity index (χ1) is 8.38. The molecule has 0 amide bonds. The van der Waals surface area contributed by atoms with Crippen molar-refractivity contribution in [1.82, 2.24) is 10.2 Å². The number of carbonyl (C=O) groups excluding carboxylic acids is 1. The van der Waals surface area contributed by atoms with Crippen LogP contribution in [0, 0.1) is 0 Å². The molecule has 1 atom stereocenters. The molecule has 0 bridgehead atoms. The van der Waals surface area contributed by atoms with E-state index in [-0.39, 0.29) is 12.0 Å². The summed E-state index contributed by atoms with van der Waals surface area (Å²) in [4.78, 5) is 14.1. The Bertz CT molecular complexity index is 257. The van der Waals surface area contributed by atoms with Crippen LogP contribution in [-0.4, -0.2) is 61.9 Å². The third kappa shape index (κ3) is 6.33. The van der Waals surface area contributed by atoms with E-state index in [1.165, 1.54) is 0 Å². The Morgan fingerprint density at radius 3 is 2.56 bits per heavy atom. The van der Waals surface area contributed by atoms with Crippen LogP contribution in [0.5, 0.6) is 0 Å². The Kier molecular flexibility index (Phi) is 6.05. The molecule has 5 nitrogen and oxygen atoms in total. The lowest BCUT2D eigenvalue weighted by Crippen LogP contribution is -2.44. The molecule has 1 aliphatic heterocycles. The molecule has 1 N–H and O–H groups in total. The largest absolute Gasteiger partial charge is 0.459 e. The Morgan fingerprint density at radius 2 is 2.00 bits per heavy atom. The van der Waals surface area contributed by atoms with Crippen LogP contribution in [0.4, 0.5) is 0 Å². The summed E-state index contributed by atoms with van der Waals surface area (Å²) in [6.45, 7) is 12.8. The number of morpholine rings is 1. The van der Waals surface area contributed by atoms with Crippen molar-refractivity contribution < 1.29 is 14.3 Å². The van der Waals surface area contributed by atoms with E-state index in [2.05, 4.69) is 10.2 Å². The third-order valence-electron chi connectivity index (χ3n) is 2.74. The topological polar surface area (TPSA) is 50.8 Å². The molecule has 0 radical (unpaired) electrons. The molecule has 0 saturated carbocycles. The van der Waals surface area contributed by atoms with Gasteiger partial charge in [0.15, 0.2) is 0 Å². The van der Waals surface area contributed by atoms with E-state index in [0.717, 1.165) is 39.4 Å². The second-order valence-electron chi connectivity index (χ2n) is 5.66. The van der Waals surface area contributed by atoms with Crippen LogP contribution < -0.4 is 5.32 Å². The minimum atomic E-state index is -0.419. The number of carbonyl (C=O) groups is 1. The highest BCUT2D eigenvalue weighted by atomic mass is 16.6. The molecule has 18 heavy (non-hydrogen) atoms. The van der Waals surface area contributed by atoms with E-state index in [1.807, 2.05) is 27.7 Å². The van der Waals surface area contributed by atoms with Gasteiger partial charge in [-0.05, 0) is 27.7 Å². The molecule has 0 spiro atoms. The molecule has 1 unspecified atom stereocenters. The van der Waals surface area contributed by atoms with Gasteiger partial charge in [-0.25, -0.2) is 0 Å². The molecule has 1 heterocycles. The van der Waals surface area contributed by atoms with Crippen molar-refractivity contribution in [1.29, 1.82) is 0 Å². The number of nitrogens with zero attached hydrogens (tertiary/aromatic N) is 1. The average Bonchev–Trinajstić information content (AvgIpc) is 2.28. The number of esters is 1. The number of nitrogens with one attached hydrogen (secondary N) is 1. The van der Waals surface area contributed by atoms with Gasteiger partial charge < -0.3 is 14.8 Å². The summed E-state index contributed by atoms with van der Waals surface area (Å²) in [5.41, 5.74) is -0.419. The predicted molar refractivity (Wildman–Crippen MR) is 70.6 cm³/mol. The molecule has 0 aromatic carbocycles. The van der Waals surface area contributed by atoms with E-state index in [1.54, 1.807) is 0 Å². The summed E-state index contributed by atoms with van der Waals surface area (Å²) < 4.78 is 10.6. The quantitative estimate of drug-likeness (QED) is 0.733. The molecule has 106 valence electrons.